The van der Waals surface area contributed by atoms with E-state index in [0.29, 0.717) is 13.0 Å². The molecule has 4 nitrogen and oxygen atoms in total. The number of rotatable bonds is 8. The lowest BCUT2D eigenvalue weighted by Gasteiger charge is -2.09. The Labute approximate surface area is 151 Å². The van der Waals surface area contributed by atoms with Crippen molar-refractivity contribution in [1.82, 2.24) is 4.98 Å². The van der Waals surface area contributed by atoms with Crippen molar-refractivity contribution in [3.05, 3.63) is 59.4 Å². The summed E-state index contributed by atoms with van der Waals surface area (Å²) in [4.78, 5) is 15.5. The van der Waals surface area contributed by atoms with Crippen LogP contribution >= 0.6 is 15.9 Å². The number of halogens is 1. The zero-order valence-electron chi connectivity index (χ0n) is 14.0. The highest BCUT2D eigenvalue weighted by atomic mass is 79.9. The third kappa shape index (κ3) is 5.64. The van der Waals surface area contributed by atoms with Gasteiger partial charge in [-0.15, -0.1) is 0 Å². The minimum absolute atomic E-state index is 0.267. The Hall–Kier alpha value is -1.88. The fraction of sp³-hybridized carbons (Fsp3) is 0.368. The van der Waals surface area contributed by atoms with Crippen molar-refractivity contribution < 1.29 is 14.3 Å². The second-order valence-corrected chi connectivity index (χ2v) is 6.55. The number of esters is 1. The number of pyridine rings is 1. The predicted molar refractivity (Wildman–Crippen MR) is 97.7 cm³/mol. The number of alkyl halides is 1. The van der Waals surface area contributed by atoms with Gasteiger partial charge in [0.2, 0.25) is 0 Å². The molecular formula is C19H22BrNO3. The number of hydrogen-bond donors (Lipinski definition) is 0. The Morgan fingerprint density at radius 1 is 1.17 bits per heavy atom. The largest absolute Gasteiger partial charge is 0.493 e. The number of carbonyl (C=O) groups is 1. The monoisotopic (exact) mass is 391 g/mol. The molecule has 0 N–H and O–H groups in total. The smallest absolute Gasteiger partial charge is 0.319 e. The number of carbonyl (C=O) groups excluding carboxylic acids is 1. The zero-order chi connectivity index (χ0) is 17.4. The van der Waals surface area contributed by atoms with Crippen LogP contribution in [-0.4, -0.2) is 29.5 Å². The van der Waals surface area contributed by atoms with Gasteiger partial charge in [0.1, 0.15) is 10.6 Å². The van der Waals surface area contributed by atoms with Gasteiger partial charge in [-0.1, -0.05) is 41.1 Å². The molecule has 0 unspecified atom stereocenters. The molecule has 0 saturated heterocycles. The number of aryl methyl sites for hydroxylation is 1. The van der Waals surface area contributed by atoms with Crippen LogP contribution in [0.25, 0.3) is 0 Å². The molecule has 24 heavy (non-hydrogen) atoms. The molecule has 0 amide bonds. The van der Waals surface area contributed by atoms with E-state index in [-0.39, 0.29) is 10.8 Å². The summed E-state index contributed by atoms with van der Waals surface area (Å²) in [7, 11) is 1.39. The van der Waals surface area contributed by atoms with Gasteiger partial charge in [0.05, 0.1) is 13.7 Å². The van der Waals surface area contributed by atoms with Crippen LogP contribution in [0.3, 0.4) is 0 Å². The average Bonchev–Trinajstić information content (AvgIpc) is 2.63. The van der Waals surface area contributed by atoms with Crippen LogP contribution in [0.5, 0.6) is 5.75 Å². The summed E-state index contributed by atoms with van der Waals surface area (Å²) in [5.41, 5.74) is 3.32. The van der Waals surface area contributed by atoms with Gasteiger partial charge in [0.15, 0.2) is 0 Å². The minimum atomic E-state index is -0.327. The number of methoxy groups -OCH3 is 1. The molecule has 0 bridgehead atoms. The molecule has 2 aromatic rings. The molecule has 5 heteroatoms. The molecule has 0 spiro atoms. The first-order chi connectivity index (χ1) is 11.6. The van der Waals surface area contributed by atoms with E-state index in [1.807, 2.05) is 36.5 Å². The number of benzene rings is 1. The van der Waals surface area contributed by atoms with E-state index >= 15 is 0 Å². The quantitative estimate of drug-likeness (QED) is 0.507. The Kier molecular flexibility index (Phi) is 7.25. The molecule has 0 radical (unpaired) electrons. The second-order valence-electron chi connectivity index (χ2n) is 5.45. The standard InChI is InChI=1S/C19H22BrNO3/c1-3-14-4-7-16(21-13-14)10-11-24-17-8-5-15(6-9-17)12-18(20)19(22)23-2/h4-9,13,18H,3,10-12H2,1-2H3/t18-/m0/s1. The molecule has 0 aliphatic carbocycles. The van der Waals surface area contributed by atoms with Crippen LogP contribution in [0.2, 0.25) is 0 Å². The van der Waals surface area contributed by atoms with Gasteiger partial charge in [0, 0.05) is 18.3 Å². The van der Waals surface area contributed by atoms with E-state index in [4.69, 9.17) is 9.47 Å². The highest BCUT2D eigenvalue weighted by Crippen LogP contribution is 2.16. The van der Waals surface area contributed by atoms with Gasteiger partial charge in [-0.05, 0) is 42.2 Å². The normalized spacial score (nSPS) is 11.8. The van der Waals surface area contributed by atoms with Crippen molar-refractivity contribution in [1.29, 1.82) is 0 Å². The molecule has 0 aliphatic rings. The maximum Gasteiger partial charge on any atom is 0.319 e. The molecule has 0 fully saturated rings. The Morgan fingerprint density at radius 3 is 2.46 bits per heavy atom. The minimum Gasteiger partial charge on any atom is -0.493 e. The lowest BCUT2D eigenvalue weighted by atomic mass is 10.1. The number of hydrogen-bond acceptors (Lipinski definition) is 4. The third-order valence-corrected chi connectivity index (χ3v) is 4.41. The number of ether oxygens (including phenoxy) is 2. The summed E-state index contributed by atoms with van der Waals surface area (Å²) < 4.78 is 10.5. The van der Waals surface area contributed by atoms with Crippen LogP contribution < -0.4 is 4.74 Å². The van der Waals surface area contributed by atoms with E-state index < -0.39 is 0 Å². The van der Waals surface area contributed by atoms with Crippen molar-refractivity contribution in [2.75, 3.05) is 13.7 Å². The zero-order valence-corrected chi connectivity index (χ0v) is 15.6. The van der Waals surface area contributed by atoms with Crippen molar-refractivity contribution >= 4 is 21.9 Å². The summed E-state index contributed by atoms with van der Waals surface area (Å²) in [6.45, 7) is 2.70. The van der Waals surface area contributed by atoms with E-state index in [9.17, 15) is 4.79 Å². The van der Waals surface area contributed by atoms with Crippen LogP contribution in [0, 0.1) is 0 Å². The molecular weight excluding hydrogens is 370 g/mol. The first-order valence-corrected chi connectivity index (χ1v) is 8.91. The van der Waals surface area contributed by atoms with E-state index in [1.54, 1.807) is 0 Å². The Bertz CT molecular complexity index is 641. The number of aromatic nitrogens is 1. The molecule has 0 saturated carbocycles. The third-order valence-electron chi connectivity index (χ3n) is 3.72. The van der Waals surface area contributed by atoms with Crippen molar-refractivity contribution in [2.45, 2.75) is 31.0 Å². The van der Waals surface area contributed by atoms with Gasteiger partial charge in [-0.3, -0.25) is 9.78 Å². The highest BCUT2D eigenvalue weighted by molar-refractivity contribution is 9.10. The van der Waals surface area contributed by atoms with Crippen LogP contribution in [0.15, 0.2) is 42.6 Å². The van der Waals surface area contributed by atoms with Crippen LogP contribution in [-0.2, 0) is 28.8 Å². The maximum absolute atomic E-state index is 11.4. The summed E-state index contributed by atoms with van der Waals surface area (Å²) in [5, 5.41) is 0. The van der Waals surface area contributed by atoms with Gasteiger partial charge in [-0.2, -0.15) is 0 Å². The lowest BCUT2D eigenvalue weighted by molar-refractivity contribution is -0.139. The van der Waals surface area contributed by atoms with Crippen molar-refractivity contribution in [3.8, 4) is 5.75 Å². The predicted octanol–water partition coefficient (Wildman–Crippen LogP) is 3.74. The summed E-state index contributed by atoms with van der Waals surface area (Å²) in [6, 6.07) is 11.9. The van der Waals surface area contributed by atoms with Gasteiger partial charge < -0.3 is 9.47 Å². The molecule has 2 rings (SSSR count). The Balaban J connectivity index is 1.79. The van der Waals surface area contributed by atoms with E-state index in [0.717, 1.165) is 29.8 Å². The van der Waals surface area contributed by atoms with Gasteiger partial charge >= 0.3 is 5.97 Å². The van der Waals surface area contributed by atoms with Gasteiger partial charge in [0.25, 0.3) is 0 Å². The highest BCUT2D eigenvalue weighted by Gasteiger charge is 2.15. The number of nitrogens with zero attached hydrogens (tertiary/aromatic N) is 1. The van der Waals surface area contributed by atoms with Crippen LogP contribution in [0.1, 0.15) is 23.7 Å². The lowest BCUT2D eigenvalue weighted by Crippen LogP contribution is -2.17. The average molecular weight is 392 g/mol. The Morgan fingerprint density at radius 2 is 1.88 bits per heavy atom. The van der Waals surface area contributed by atoms with Crippen molar-refractivity contribution in [2.24, 2.45) is 0 Å². The first-order valence-electron chi connectivity index (χ1n) is 7.99. The van der Waals surface area contributed by atoms with Crippen molar-refractivity contribution in [3.63, 3.8) is 0 Å². The molecule has 0 aliphatic heterocycles. The summed E-state index contributed by atoms with van der Waals surface area (Å²) in [5.74, 6) is 0.546. The molecule has 128 valence electrons. The van der Waals surface area contributed by atoms with Gasteiger partial charge in [-0.25, -0.2) is 0 Å². The maximum atomic E-state index is 11.4. The first kappa shape index (κ1) is 18.5. The van der Waals surface area contributed by atoms with E-state index in [2.05, 4.69) is 33.9 Å². The topological polar surface area (TPSA) is 48.4 Å². The fourth-order valence-corrected chi connectivity index (χ4v) is 2.79. The molecule has 1 heterocycles. The molecule has 1 aromatic carbocycles. The SMILES string of the molecule is CCc1ccc(CCOc2ccc(C[C@H](Br)C(=O)OC)cc2)nc1. The fourth-order valence-electron chi connectivity index (χ4n) is 2.23. The molecule has 1 aromatic heterocycles. The van der Waals surface area contributed by atoms with E-state index in [1.165, 1.54) is 12.7 Å². The summed E-state index contributed by atoms with van der Waals surface area (Å²) >= 11 is 3.32. The summed E-state index contributed by atoms with van der Waals surface area (Å²) in [6.07, 6.45) is 4.28. The second kappa shape index (κ2) is 9.42. The molecule has 1 atom stereocenters. The van der Waals surface area contributed by atoms with Crippen LogP contribution in [0.4, 0.5) is 0 Å².